The van der Waals surface area contributed by atoms with Crippen LogP contribution in [-0.2, 0) is 17.0 Å². The number of rotatable bonds is 4. The second-order valence-corrected chi connectivity index (χ2v) is 5.38. The van der Waals surface area contributed by atoms with E-state index in [-0.39, 0.29) is 5.12 Å². The van der Waals surface area contributed by atoms with Crippen molar-refractivity contribution in [3.8, 4) is 11.4 Å². The van der Waals surface area contributed by atoms with E-state index >= 15 is 0 Å². The molecule has 0 aliphatic carbocycles. The fourth-order valence-corrected chi connectivity index (χ4v) is 2.27. The van der Waals surface area contributed by atoms with Crippen molar-refractivity contribution in [1.29, 1.82) is 0 Å². The Kier molecular flexibility index (Phi) is 4.68. The van der Waals surface area contributed by atoms with Gasteiger partial charge >= 0.3 is 0 Å². The molecule has 0 saturated carbocycles. The molecule has 0 aliphatic heterocycles. The third-order valence-corrected chi connectivity index (χ3v) is 3.65. The van der Waals surface area contributed by atoms with Crippen LogP contribution in [0.4, 0.5) is 0 Å². The predicted molar refractivity (Wildman–Crippen MR) is 78.8 cm³/mol. The second-order valence-electron chi connectivity index (χ2n) is 4.23. The first-order valence-electron chi connectivity index (χ1n) is 6.22. The molecule has 0 saturated heterocycles. The van der Waals surface area contributed by atoms with Crippen molar-refractivity contribution in [2.45, 2.75) is 26.0 Å². The summed E-state index contributed by atoms with van der Waals surface area (Å²) in [6.45, 7) is 3.70. The Hall–Kier alpha value is -1.68. The summed E-state index contributed by atoms with van der Waals surface area (Å²) < 4.78 is 0. The Labute approximate surface area is 117 Å². The summed E-state index contributed by atoms with van der Waals surface area (Å²) in [6.07, 6.45) is 4.56. The van der Waals surface area contributed by atoms with E-state index in [1.165, 1.54) is 17.3 Å². The normalized spacial score (nSPS) is 10.4. The maximum absolute atomic E-state index is 11.0. The first kappa shape index (κ1) is 13.7. The molecule has 0 bridgehead atoms. The molecule has 0 unspecified atom stereocenters. The Morgan fingerprint density at radius 2 is 1.68 bits per heavy atom. The molecule has 2 heterocycles. The van der Waals surface area contributed by atoms with E-state index in [0.29, 0.717) is 5.75 Å². The van der Waals surface area contributed by atoms with Crippen molar-refractivity contribution < 1.29 is 4.79 Å². The van der Waals surface area contributed by atoms with Gasteiger partial charge in [0.15, 0.2) is 5.12 Å². The summed E-state index contributed by atoms with van der Waals surface area (Å²) in [4.78, 5) is 19.7. The highest BCUT2D eigenvalue weighted by Gasteiger charge is 2.04. The number of pyridine rings is 2. The Bertz CT molecular complexity index is 584. The maximum Gasteiger partial charge on any atom is 0.186 e. The molecule has 2 aromatic heterocycles. The van der Waals surface area contributed by atoms with Crippen molar-refractivity contribution in [1.82, 2.24) is 9.97 Å². The van der Waals surface area contributed by atoms with E-state index in [1.807, 2.05) is 24.4 Å². The maximum atomic E-state index is 11.0. The number of carbonyl (C=O) groups excluding carboxylic acids is 1. The minimum atomic E-state index is 0.129. The molecular weight excluding hydrogens is 256 g/mol. The van der Waals surface area contributed by atoms with Gasteiger partial charge in [0.2, 0.25) is 0 Å². The van der Waals surface area contributed by atoms with Crippen molar-refractivity contribution >= 4 is 16.9 Å². The smallest absolute Gasteiger partial charge is 0.186 e. The highest BCUT2D eigenvalue weighted by Crippen LogP contribution is 2.19. The van der Waals surface area contributed by atoms with Crippen molar-refractivity contribution in [3.05, 3.63) is 47.8 Å². The predicted octanol–water partition coefficient (Wildman–Crippen LogP) is 3.49. The molecule has 3 nitrogen and oxygen atoms in total. The number of aromatic nitrogens is 2. The summed E-state index contributed by atoms with van der Waals surface area (Å²) >= 11 is 1.31. The number of hydrogen-bond acceptors (Lipinski definition) is 4. The first-order chi connectivity index (χ1) is 9.19. The lowest BCUT2D eigenvalue weighted by atomic mass is 10.1. The van der Waals surface area contributed by atoms with E-state index in [2.05, 4.69) is 23.0 Å². The lowest BCUT2D eigenvalue weighted by molar-refractivity contribution is -0.109. The van der Waals surface area contributed by atoms with Gasteiger partial charge < -0.3 is 0 Å². The second kappa shape index (κ2) is 6.48. The molecule has 0 aromatic carbocycles. The quantitative estimate of drug-likeness (QED) is 0.854. The van der Waals surface area contributed by atoms with Crippen LogP contribution < -0.4 is 0 Å². The van der Waals surface area contributed by atoms with Crippen LogP contribution in [0.3, 0.4) is 0 Å². The number of hydrogen-bond donors (Lipinski definition) is 0. The molecule has 0 spiro atoms. The highest BCUT2D eigenvalue weighted by molar-refractivity contribution is 8.12. The zero-order valence-corrected chi connectivity index (χ0v) is 11.9. The van der Waals surface area contributed by atoms with Gasteiger partial charge in [0.1, 0.15) is 0 Å². The summed E-state index contributed by atoms with van der Waals surface area (Å²) in [7, 11) is 0. The van der Waals surface area contributed by atoms with Crippen LogP contribution in [0.25, 0.3) is 11.4 Å². The standard InChI is InChI=1S/C15H16N2OS/c1-3-12-4-6-16-14(8-12)15-9-13(5-7-17-15)10-19-11(2)18/h4-9H,3,10H2,1-2H3. The molecule has 2 rings (SSSR count). The number of thioether (sulfide) groups is 1. The molecule has 0 radical (unpaired) electrons. The van der Waals surface area contributed by atoms with E-state index in [4.69, 9.17) is 0 Å². The van der Waals surface area contributed by atoms with Crippen LogP contribution in [0.2, 0.25) is 0 Å². The van der Waals surface area contributed by atoms with Gasteiger partial charge in [-0.1, -0.05) is 18.7 Å². The van der Waals surface area contributed by atoms with E-state index < -0.39 is 0 Å². The minimum Gasteiger partial charge on any atom is -0.288 e. The van der Waals surface area contributed by atoms with Gasteiger partial charge in [0.05, 0.1) is 11.4 Å². The van der Waals surface area contributed by atoms with Crippen LogP contribution in [-0.4, -0.2) is 15.1 Å². The van der Waals surface area contributed by atoms with Gasteiger partial charge in [0, 0.05) is 25.1 Å². The van der Waals surface area contributed by atoms with Crippen LogP contribution in [0.15, 0.2) is 36.7 Å². The zero-order valence-electron chi connectivity index (χ0n) is 11.1. The van der Waals surface area contributed by atoms with Crippen LogP contribution in [0.1, 0.15) is 25.0 Å². The number of carbonyl (C=O) groups is 1. The van der Waals surface area contributed by atoms with Gasteiger partial charge in [-0.3, -0.25) is 14.8 Å². The zero-order chi connectivity index (χ0) is 13.7. The minimum absolute atomic E-state index is 0.129. The molecule has 0 atom stereocenters. The van der Waals surface area contributed by atoms with E-state index in [9.17, 15) is 4.79 Å². The van der Waals surface area contributed by atoms with Crippen molar-refractivity contribution in [2.75, 3.05) is 0 Å². The average Bonchev–Trinajstić information content (AvgIpc) is 2.45. The molecule has 0 amide bonds. The van der Waals surface area contributed by atoms with Gasteiger partial charge in [-0.2, -0.15) is 0 Å². The SMILES string of the molecule is CCc1ccnc(-c2cc(CSC(C)=O)ccn2)c1. The molecule has 0 N–H and O–H groups in total. The van der Waals surface area contributed by atoms with Gasteiger partial charge in [0.25, 0.3) is 0 Å². The van der Waals surface area contributed by atoms with Crippen LogP contribution in [0, 0.1) is 0 Å². The van der Waals surface area contributed by atoms with Crippen LogP contribution in [0.5, 0.6) is 0 Å². The van der Waals surface area contributed by atoms with Crippen molar-refractivity contribution in [2.24, 2.45) is 0 Å². The third kappa shape index (κ3) is 3.89. The molecular formula is C15H16N2OS. The lowest BCUT2D eigenvalue weighted by Crippen LogP contribution is -1.92. The lowest BCUT2D eigenvalue weighted by Gasteiger charge is -2.04. The summed E-state index contributed by atoms with van der Waals surface area (Å²) in [5.41, 5.74) is 4.08. The topological polar surface area (TPSA) is 42.9 Å². The molecule has 0 aliphatic rings. The fourth-order valence-electron chi connectivity index (χ4n) is 1.72. The Morgan fingerprint density at radius 3 is 2.26 bits per heavy atom. The largest absolute Gasteiger partial charge is 0.288 e. The third-order valence-electron chi connectivity index (χ3n) is 2.76. The van der Waals surface area contributed by atoms with Gasteiger partial charge in [-0.15, -0.1) is 0 Å². The molecule has 0 fully saturated rings. The van der Waals surface area contributed by atoms with E-state index in [0.717, 1.165) is 23.4 Å². The fraction of sp³-hybridized carbons (Fsp3) is 0.267. The van der Waals surface area contributed by atoms with E-state index in [1.54, 1.807) is 13.1 Å². The summed E-state index contributed by atoms with van der Waals surface area (Å²) in [5, 5.41) is 0.129. The summed E-state index contributed by atoms with van der Waals surface area (Å²) in [6, 6.07) is 8.00. The number of aryl methyl sites for hydroxylation is 1. The van der Waals surface area contributed by atoms with Gasteiger partial charge in [-0.05, 0) is 41.8 Å². The monoisotopic (exact) mass is 272 g/mol. The first-order valence-corrected chi connectivity index (χ1v) is 7.21. The Balaban J connectivity index is 2.24. The number of nitrogens with zero attached hydrogens (tertiary/aromatic N) is 2. The average molecular weight is 272 g/mol. The Morgan fingerprint density at radius 1 is 1.11 bits per heavy atom. The van der Waals surface area contributed by atoms with Crippen LogP contribution >= 0.6 is 11.8 Å². The summed E-state index contributed by atoms with van der Waals surface area (Å²) in [5.74, 6) is 0.679. The molecule has 98 valence electrons. The van der Waals surface area contributed by atoms with Gasteiger partial charge in [-0.25, -0.2) is 0 Å². The highest BCUT2D eigenvalue weighted by atomic mass is 32.2. The molecule has 2 aromatic rings. The van der Waals surface area contributed by atoms with Crippen molar-refractivity contribution in [3.63, 3.8) is 0 Å². The molecule has 19 heavy (non-hydrogen) atoms. The molecule has 4 heteroatoms.